The molecule has 21 heavy (non-hydrogen) atoms. The first-order chi connectivity index (χ1) is 10.2. The first kappa shape index (κ1) is 14.4. The zero-order chi connectivity index (χ0) is 14.7. The van der Waals surface area contributed by atoms with Crippen LogP contribution in [0.25, 0.3) is 0 Å². The number of amides is 1. The van der Waals surface area contributed by atoms with Crippen LogP contribution in [0, 0.1) is 5.92 Å². The van der Waals surface area contributed by atoms with Crippen molar-refractivity contribution in [2.45, 2.75) is 57.4 Å². The summed E-state index contributed by atoms with van der Waals surface area (Å²) in [5, 5.41) is 0. The van der Waals surface area contributed by atoms with Crippen LogP contribution in [0.4, 0.5) is 5.69 Å². The fraction of sp³-hybridized carbons (Fsp3) is 0.611. The average molecular weight is 286 g/mol. The fourth-order valence-electron chi connectivity index (χ4n) is 4.08. The number of nitrogens with zero attached hydrogens (tertiary/aromatic N) is 1. The number of anilines is 1. The fourth-order valence-corrected chi connectivity index (χ4v) is 4.08. The third-order valence-electron chi connectivity index (χ3n) is 5.14. The number of benzene rings is 1. The standard InChI is InChI=1S/C18H26N2O/c19-16-8-3-5-14(13-16)10-11-18(21)20-12-4-7-15-6-1-2-9-17(15)20/h3,5,8,13,15,17H,1-2,4,6-7,9-12,19H2. The van der Waals surface area contributed by atoms with Gasteiger partial charge in [-0.05, 0) is 55.7 Å². The van der Waals surface area contributed by atoms with E-state index in [2.05, 4.69) is 11.0 Å². The van der Waals surface area contributed by atoms with E-state index in [1.54, 1.807) is 0 Å². The van der Waals surface area contributed by atoms with Crippen molar-refractivity contribution in [2.75, 3.05) is 12.3 Å². The van der Waals surface area contributed by atoms with E-state index >= 15 is 0 Å². The number of nitrogens with two attached hydrogens (primary N) is 1. The van der Waals surface area contributed by atoms with Crippen molar-refractivity contribution in [3.63, 3.8) is 0 Å². The van der Waals surface area contributed by atoms with Gasteiger partial charge in [-0.1, -0.05) is 25.0 Å². The molecule has 1 aromatic rings. The number of fused-ring (bicyclic) bond motifs is 1. The number of likely N-dealkylation sites (tertiary alicyclic amines) is 1. The Labute approximate surface area is 127 Å². The van der Waals surface area contributed by atoms with Gasteiger partial charge in [0.15, 0.2) is 0 Å². The van der Waals surface area contributed by atoms with Gasteiger partial charge < -0.3 is 10.6 Å². The third kappa shape index (κ3) is 3.39. The molecular formula is C18H26N2O. The van der Waals surface area contributed by atoms with Gasteiger partial charge in [-0.3, -0.25) is 4.79 Å². The first-order valence-corrected chi connectivity index (χ1v) is 8.38. The first-order valence-electron chi connectivity index (χ1n) is 8.38. The van der Waals surface area contributed by atoms with E-state index in [1.165, 1.54) is 44.1 Å². The molecule has 0 aromatic heterocycles. The molecule has 2 atom stereocenters. The van der Waals surface area contributed by atoms with Crippen molar-refractivity contribution in [1.29, 1.82) is 0 Å². The molecule has 2 fully saturated rings. The number of carbonyl (C=O) groups is 1. The van der Waals surface area contributed by atoms with Crippen molar-refractivity contribution in [3.05, 3.63) is 29.8 Å². The number of nitrogen functional groups attached to an aromatic ring is 1. The minimum atomic E-state index is 0.342. The normalized spacial score (nSPS) is 25.4. The highest BCUT2D eigenvalue weighted by atomic mass is 16.2. The molecule has 1 heterocycles. The van der Waals surface area contributed by atoms with Crippen molar-refractivity contribution in [3.8, 4) is 0 Å². The van der Waals surface area contributed by atoms with Crippen LogP contribution in [0.5, 0.6) is 0 Å². The van der Waals surface area contributed by atoms with Crippen LogP contribution in [0.2, 0.25) is 0 Å². The van der Waals surface area contributed by atoms with Gasteiger partial charge in [-0.25, -0.2) is 0 Å². The molecule has 0 radical (unpaired) electrons. The van der Waals surface area contributed by atoms with Crippen molar-refractivity contribution in [2.24, 2.45) is 5.92 Å². The highest BCUT2D eigenvalue weighted by Crippen LogP contribution is 2.35. The molecular weight excluding hydrogens is 260 g/mol. The van der Waals surface area contributed by atoms with E-state index in [0.717, 1.165) is 24.6 Å². The molecule has 0 spiro atoms. The topological polar surface area (TPSA) is 46.3 Å². The molecule has 3 nitrogen and oxygen atoms in total. The lowest BCUT2D eigenvalue weighted by molar-refractivity contribution is -0.137. The molecule has 1 saturated carbocycles. The quantitative estimate of drug-likeness (QED) is 0.866. The van der Waals surface area contributed by atoms with Crippen LogP contribution in [-0.2, 0) is 11.2 Å². The predicted molar refractivity (Wildman–Crippen MR) is 85.9 cm³/mol. The van der Waals surface area contributed by atoms with Crippen LogP contribution in [0.1, 0.15) is 50.5 Å². The SMILES string of the molecule is Nc1cccc(CCC(=O)N2CCCC3CCCCC32)c1. The lowest BCUT2D eigenvalue weighted by Gasteiger charge is -2.44. The Morgan fingerprint density at radius 3 is 2.86 bits per heavy atom. The molecule has 1 aromatic carbocycles. The number of aryl methyl sites for hydroxylation is 1. The maximum atomic E-state index is 12.6. The second-order valence-corrected chi connectivity index (χ2v) is 6.59. The van der Waals surface area contributed by atoms with E-state index in [0.29, 0.717) is 18.4 Å². The molecule has 114 valence electrons. The number of carbonyl (C=O) groups excluding carboxylic acids is 1. The summed E-state index contributed by atoms with van der Waals surface area (Å²) in [6.45, 7) is 0.969. The van der Waals surface area contributed by atoms with E-state index < -0.39 is 0 Å². The predicted octanol–water partition coefficient (Wildman–Crippen LogP) is 3.38. The van der Waals surface area contributed by atoms with Gasteiger partial charge >= 0.3 is 0 Å². The Balaban J connectivity index is 1.59. The van der Waals surface area contributed by atoms with Crippen molar-refractivity contribution >= 4 is 11.6 Å². The molecule has 3 heteroatoms. The van der Waals surface area contributed by atoms with Gasteiger partial charge in [-0.15, -0.1) is 0 Å². The number of hydrogen-bond acceptors (Lipinski definition) is 2. The smallest absolute Gasteiger partial charge is 0.223 e. The molecule has 0 bridgehead atoms. The van der Waals surface area contributed by atoms with E-state index in [4.69, 9.17) is 5.73 Å². The largest absolute Gasteiger partial charge is 0.399 e. The average Bonchev–Trinajstić information content (AvgIpc) is 2.52. The molecule has 3 rings (SSSR count). The summed E-state index contributed by atoms with van der Waals surface area (Å²) in [5.41, 5.74) is 7.75. The van der Waals surface area contributed by atoms with Gasteiger partial charge in [-0.2, -0.15) is 0 Å². The molecule has 1 amide bonds. The summed E-state index contributed by atoms with van der Waals surface area (Å²) < 4.78 is 0. The van der Waals surface area contributed by atoms with Crippen molar-refractivity contribution in [1.82, 2.24) is 4.90 Å². The number of rotatable bonds is 3. The molecule has 2 unspecified atom stereocenters. The van der Waals surface area contributed by atoms with Crippen LogP contribution < -0.4 is 5.73 Å². The van der Waals surface area contributed by atoms with Gasteiger partial charge in [0.2, 0.25) is 5.91 Å². The zero-order valence-electron chi connectivity index (χ0n) is 12.8. The summed E-state index contributed by atoms with van der Waals surface area (Å²) >= 11 is 0. The van der Waals surface area contributed by atoms with Gasteiger partial charge in [0, 0.05) is 24.7 Å². The monoisotopic (exact) mass is 286 g/mol. The van der Waals surface area contributed by atoms with E-state index in [-0.39, 0.29) is 0 Å². The molecule has 1 saturated heterocycles. The summed E-state index contributed by atoms with van der Waals surface area (Å²) in [6, 6.07) is 8.42. The van der Waals surface area contributed by atoms with Crippen molar-refractivity contribution < 1.29 is 4.79 Å². The Morgan fingerprint density at radius 1 is 1.19 bits per heavy atom. The second kappa shape index (κ2) is 6.50. The molecule has 2 N–H and O–H groups in total. The van der Waals surface area contributed by atoms with Crippen LogP contribution >= 0.6 is 0 Å². The molecule has 1 aliphatic heterocycles. The summed E-state index contributed by atoms with van der Waals surface area (Å²) in [6.07, 6.45) is 9.12. The summed E-state index contributed by atoms with van der Waals surface area (Å²) in [4.78, 5) is 14.8. The van der Waals surface area contributed by atoms with E-state index in [1.807, 2.05) is 18.2 Å². The van der Waals surface area contributed by atoms with Crippen LogP contribution in [0.15, 0.2) is 24.3 Å². The number of hydrogen-bond donors (Lipinski definition) is 1. The highest BCUT2D eigenvalue weighted by Gasteiger charge is 2.35. The Hall–Kier alpha value is -1.51. The van der Waals surface area contributed by atoms with Crippen LogP contribution in [0.3, 0.4) is 0 Å². The second-order valence-electron chi connectivity index (χ2n) is 6.59. The maximum absolute atomic E-state index is 12.6. The highest BCUT2D eigenvalue weighted by molar-refractivity contribution is 5.77. The van der Waals surface area contributed by atoms with E-state index in [9.17, 15) is 4.79 Å². The Kier molecular flexibility index (Phi) is 4.47. The van der Waals surface area contributed by atoms with Gasteiger partial charge in [0.25, 0.3) is 0 Å². The van der Waals surface area contributed by atoms with Gasteiger partial charge in [0.1, 0.15) is 0 Å². The van der Waals surface area contributed by atoms with Gasteiger partial charge in [0.05, 0.1) is 0 Å². The maximum Gasteiger partial charge on any atom is 0.223 e. The lowest BCUT2D eigenvalue weighted by atomic mass is 9.78. The minimum Gasteiger partial charge on any atom is -0.399 e. The summed E-state index contributed by atoms with van der Waals surface area (Å²) in [5.74, 6) is 1.11. The third-order valence-corrected chi connectivity index (χ3v) is 5.14. The summed E-state index contributed by atoms with van der Waals surface area (Å²) in [7, 11) is 0. The molecule has 2 aliphatic rings. The lowest BCUT2D eigenvalue weighted by Crippen LogP contribution is -2.49. The van der Waals surface area contributed by atoms with Crippen LogP contribution in [-0.4, -0.2) is 23.4 Å². The Morgan fingerprint density at radius 2 is 2.00 bits per heavy atom. The minimum absolute atomic E-state index is 0.342. The zero-order valence-corrected chi connectivity index (χ0v) is 12.8. The Bertz CT molecular complexity index is 498. The number of piperidine rings is 1. The molecule has 1 aliphatic carbocycles.